The highest BCUT2D eigenvalue weighted by atomic mass is 16.5. The third-order valence-electron chi connectivity index (χ3n) is 5.74. The maximum absolute atomic E-state index is 13.5. The van der Waals surface area contributed by atoms with E-state index < -0.39 is 0 Å². The predicted octanol–water partition coefficient (Wildman–Crippen LogP) is 3.76. The summed E-state index contributed by atoms with van der Waals surface area (Å²) in [5.74, 6) is 0.621. The average Bonchev–Trinajstić information content (AvgIpc) is 2.78. The van der Waals surface area contributed by atoms with E-state index in [2.05, 4.69) is 18.7 Å². The van der Waals surface area contributed by atoms with Gasteiger partial charge < -0.3 is 19.1 Å². The summed E-state index contributed by atoms with van der Waals surface area (Å²) >= 11 is 0. The van der Waals surface area contributed by atoms with Crippen LogP contribution in [-0.4, -0.2) is 57.4 Å². The summed E-state index contributed by atoms with van der Waals surface area (Å²) in [5, 5.41) is 0. The standard InChI is InChI=1S/C24H29NO5/c1-6-25(7-2)14-10-13-17-18-19(23(29-4)24(30-5)22(17)28-3)21(27)16-12-9-8-11-15(16)20(18)26/h8-9,11-12H,6-7,10,13-14H2,1-5H3. The number of hydrogen-bond acceptors (Lipinski definition) is 6. The molecule has 0 aromatic heterocycles. The van der Waals surface area contributed by atoms with E-state index >= 15 is 0 Å². The fourth-order valence-electron chi connectivity index (χ4n) is 4.20. The molecular formula is C24H29NO5. The lowest BCUT2D eigenvalue weighted by Gasteiger charge is -2.26. The molecule has 0 unspecified atom stereocenters. The molecule has 2 aromatic rings. The summed E-state index contributed by atoms with van der Waals surface area (Å²) in [7, 11) is 4.52. The van der Waals surface area contributed by atoms with Crippen LogP contribution in [0.1, 0.15) is 57.7 Å². The van der Waals surface area contributed by atoms with E-state index in [0.717, 1.165) is 26.1 Å². The zero-order valence-electron chi connectivity index (χ0n) is 18.3. The number of ketones is 2. The molecule has 0 N–H and O–H groups in total. The first-order chi connectivity index (χ1) is 14.5. The van der Waals surface area contributed by atoms with E-state index in [1.54, 1.807) is 31.4 Å². The van der Waals surface area contributed by atoms with E-state index in [1.807, 2.05) is 0 Å². The van der Waals surface area contributed by atoms with Gasteiger partial charge in [0.05, 0.1) is 26.9 Å². The first-order valence-corrected chi connectivity index (χ1v) is 10.3. The predicted molar refractivity (Wildman–Crippen MR) is 116 cm³/mol. The fraction of sp³-hybridized carbons (Fsp3) is 0.417. The summed E-state index contributed by atoms with van der Waals surface area (Å²) in [6, 6.07) is 6.90. The van der Waals surface area contributed by atoms with Crippen LogP contribution in [0.2, 0.25) is 0 Å². The maximum atomic E-state index is 13.5. The zero-order valence-corrected chi connectivity index (χ0v) is 18.3. The van der Waals surface area contributed by atoms with E-state index in [4.69, 9.17) is 14.2 Å². The second-order valence-corrected chi connectivity index (χ2v) is 7.16. The third kappa shape index (κ3) is 3.56. The number of carbonyl (C=O) groups excluding carboxylic acids is 2. The molecule has 1 aliphatic carbocycles. The molecule has 0 radical (unpaired) electrons. The van der Waals surface area contributed by atoms with Gasteiger partial charge in [-0.15, -0.1) is 0 Å². The first kappa shape index (κ1) is 21.8. The van der Waals surface area contributed by atoms with Crippen LogP contribution >= 0.6 is 0 Å². The van der Waals surface area contributed by atoms with E-state index in [-0.39, 0.29) is 22.9 Å². The highest BCUT2D eigenvalue weighted by Crippen LogP contribution is 2.48. The zero-order chi connectivity index (χ0) is 21.8. The molecule has 0 heterocycles. The van der Waals surface area contributed by atoms with Crippen molar-refractivity contribution in [1.29, 1.82) is 0 Å². The van der Waals surface area contributed by atoms with Crippen LogP contribution in [0.25, 0.3) is 0 Å². The van der Waals surface area contributed by atoms with Crippen LogP contribution < -0.4 is 14.2 Å². The van der Waals surface area contributed by atoms with E-state index in [1.165, 1.54) is 14.2 Å². The van der Waals surface area contributed by atoms with Gasteiger partial charge in [-0.1, -0.05) is 38.1 Å². The molecule has 6 heteroatoms. The molecule has 30 heavy (non-hydrogen) atoms. The molecular weight excluding hydrogens is 382 g/mol. The van der Waals surface area contributed by atoms with Crippen LogP contribution in [0.4, 0.5) is 0 Å². The highest BCUT2D eigenvalue weighted by molar-refractivity contribution is 6.30. The second-order valence-electron chi connectivity index (χ2n) is 7.16. The van der Waals surface area contributed by atoms with Gasteiger partial charge in [-0.2, -0.15) is 0 Å². The smallest absolute Gasteiger partial charge is 0.204 e. The fourth-order valence-corrected chi connectivity index (χ4v) is 4.20. The molecule has 160 valence electrons. The molecule has 1 aliphatic rings. The number of nitrogens with zero attached hydrogens (tertiary/aromatic N) is 1. The van der Waals surface area contributed by atoms with Crippen molar-refractivity contribution in [1.82, 2.24) is 4.90 Å². The molecule has 2 aromatic carbocycles. The molecule has 0 spiro atoms. The van der Waals surface area contributed by atoms with Gasteiger partial charge in [-0.05, 0) is 32.5 Å². The molecule has 0 bridgehead atoms. The van der Waals surface area contributed by atoms with Gasteiger partial charge >= 0.3 is 0 Å². The molecule has 0 atom stereocenters. The van der Waals surface area contributed by atoms with E-state index in [9.17, 15) is 9.59 Å². The van der Waals surface area contributed by atoms with E-state index in [0.29, 0.717) is 40.2 Å². The van der Waals surface area contributed by atoms with Crippen molar-refractivity contribution in [2.45, 2.75) is 26.7 Å². The van der Waals surface area contributed by atoms with Gasteiger partial charge in [0.1, 0.15) is 0 Å². The van der Waals surface area contributed by atoms with Crippen molar-refractivity contribution in [3.8, 4) is 17.2 Å². The van der Waals surface area contributed by atoms with Gasteiger partial charge in [0.25, 0.3) is 0 Å². The van der Waals surface area contributed by atoms with Crippen molar-refractivity contribution >= 4 is 11.6 Å². The van der Waals surface area contributed by atoms with Crippen molar-refractivity contribution in [2.75, 3.05) is 41.0 Å². The number of carbonyl (C=O) groups is 2. The number of ether oxygens (including phenoxy) is 3. The summed E-state index contributed by atoms with van der Waals surface area (Å²) in [6.07, 6.45) is 1.41. The normalized spacial score (nSPS) is 12.6. The Morgan fingerprint density at radius 1 is 0.767 bits per heavy atom. The van der Waals surface area contributed by atoms with Crippen LogP contribution in [0, 0.1) is 0 Å². The molecule has 3 rings (SSSR count). The number of hydrogen-bond donors (Lipinski definition) is 0. The van der Waals surface area contributed by atoms with Crippen LogP contribution in [0.15, 0.2) is 24.3 Å². The summed E-state index contributed by atoms with van der Waals surface area (Å²) < 4.78 is 16.8. The number of fused-ring (bicyclic) bond motifs is 2. The van der Waals surface area contributed by atoms with Gasteiger partial charge in [-0.25, -0.2) is 0 Å². The first-order valence-electron chi connectivity index (χ1n) is 10.3. The average molecular weight is 411 g/mol. The highest BCUT2D eigenvalue weighted by Gasteiger charge is 2.38. The molecule has 0 saturated heterocycles. The van der Waals surface area contributed by atoms with Crippen molar-refractivity contribution < 1.29 is 23.8 Å². The lowest BCUT2D eigenvalue weighted by Crippen LogP contribution is -2.26. The lowest BCUT2D eigenvalue weighted by atomic mass is 9.79. The minimum absolute atomic E-state index is 0.183. The largest absolute Gasteiger partial charge is 0.492 e. The molecule has 0 amide bonds. The number of methoxy groups -OCH3 is 3. The second kappa shape index (κ2) is 9.30. The quantitative estimate of drug-likeness (QED) is 0.534. The summed E-state index contributed by atoms with van der Waals surface area (Å²) in [6.45, 7) is 7.06. The minimum Gasteiger partial charge on any atom is -0.492 e. The molecule has 0 fully saturated rings. The Morgan fingerprint density at radius 2 is 1.30 bits per heavy atom. The Morgan fingerprint density at radius 3 is 1.80 bits per heavy atom. The Labute approximate surface area is 177 Å². The lowest BCUT2D eigenvalue weighted by molar-refractivity contribution is 0.0974. The van der Waals surface area contributed by atoms with Gasteiger partial charge in [-0.3, -0.25) is 9.59 Å². The van der Waals surface area contributed by atoms with Crippen LogP contribution in [0.5, 0.6) is 17.2 Å². The Balaban J connectivity index is 2.21. The Bertz CT molecular complexity index is 963. The molecule has 0 aliphatic heterocycles. The monoisotopic (exact) mass is 411 g/mol. The number of rotatable bonds is 9. The molecule has 0 saturated carbocycles. The van der Waals surface area contributed by atoms with Gasteiger partial charge in [0.2, 0.25) is 5.75 Å². The Hall–Kier alpha value is -2.86. The van der Waals surface area contributed by atoms with Crippen LogP contribution in [0.3, 0.4) is 0 Å². The topological polar surface area (TPSA) is 65.1 Å². The van der Waals surface area contributed by atoms with Crippen molar-refractivity contribution in [2.24, 2.45) is 0 Å². The third-order valence-corrected chi connectivity index (χ3v) is 5.74. The van der Waals surface area contributed by atoms with Crippen molar-refractivity contribution in [3.05, 3.63) is 52.1 Å². The number of benzene rings is 2. The van der Waals surface area contributed by atoms with Crippen molar-refractivity contribution in [3.63, 3.8) is 0 Å². The Kier molecular flexibility index (Phi) is 6.77. The van der Waals surface area contributed by atoms with Gasteiger partial charge in [0.15, 0.2) is 23.1 Å². The van der Waals surface area contributed by atoms with Crippen LogP contribution in [-0.2, 0) is 6.42 Å². The SMILES string of the molecule is CCN(CC)CCCc1c(OC)c(OC)c(OC)c2c1C(=O)c1ccccc1C2=O. The molecule has 6 nitrogen and oxygen atoms in total. The minimum atomic E-state index is -0.233. The van der Waals surface area contributed by atoms with Gasteiger partial charge in [0, 0.05) is 22.3 Å². The summed E-state index contributed by atoms with van der Waals surface area (Å²) in [5.41, 5.74) is 2.12. The summed E-state index contributed by atoms with van der Waals surface area (Å²) in [4.78, 5) is 29.2. The maximum Gasteiger partial charge on any atom is 0.204 e.